The highest BCUT2D eigenvalue weighted by molar-refractivity contribution is 7.22. The Labute approximate surface area is 183 Å². The summed E-state index contributed by atoms with van der Waals surface area (Å²) in [6.07, 6.45) is 3.46. The van der Waals surface area contributed by atoms with Crippen molar-refractivity contribution in [2.75, 3.05) is 41.8 Å². The zero-order valence-corrected chi connectivity index (χ0v) is 17.6. The second-order valence-electron chi connectivity index (χ2n) is 7.16. The van der Waals surface area contributed by atoms with Crippen molar-refractivity contribution in [2.45, 2.75) is 0 Å². The molecule has 0 radical (unpaired) electrons. The monoisotopic (exact) mass is 431 g/mol. The number of hydrogen-bond acceptors (Lipinski definition) is 7. The summed E-state index contributed by atoms with van der Waals surface area (Å²) < 4.78 is 6.35. The molecule has 1 saturated heterocycles. The lowest BCUT2D eigenvalue weighted by Gasteiger charge is -2.28. The predicted molar refractivity (Wildman–Crippen MR) is 125 cm³/mol. The van der Waals surface area contributed by atoms with Gasteiger partial charge in [-0.2, -0.15) is 0 Å². The van der Waals surface area contributed by atoms with Crippen LogP contribution in [0.5, 0.6) is 0 Å². The van der Waals surface area contributed by atoms with E-state index in [0.29, 0.717) is 5.56 Å². The van der Waals surface area contributed by atoms with E-state index >= 15 is 0 Å². The van der Waals surface area contributed by atoms with Crippen LogP contribution in [0.15, 0.2) is 67.0 Å². The average molecular weight is 432 g/mol. The first kappa shape index (κ1) is 19.5. The number of fused-ring (bicyclic) bond motifs is 1. The Bertz CT molecular complexity index is 1190. The highest BCUT2D eigenvalue weighted by Gasteiger charge is 2.13. The van der Waals surface area contributed by atoms with Crippen LogP contribution in [0, 0.1) is 0 Å². The summed E-state index contributed by atoms with van der Waals surface area (Å²) in [6.45, 7) is 3.27. The smallest absolute Gasteiger partial charge is 0.255 e. The van der Waals surface area contributed by atoms with Crippen LogP contribution in [0.4, 0.5) is 22.2 Å². The van der Waals surface area contributed by atoms with Crippen LogP contribution < -0.4 is 15.5 Å². The van der Waals surface area contributed by atoms with E-state index in [4.69, 9.17) is 4.74 Å². The number of hydrogen-bond donors (Lipinski definition) is 2. The molecule has 0 bridgehead atoms. The van der Waals surface area contributed by atoms with Crippen LogP contribution in [-0.2, 0) is 4.74 Å². The molecule has 156 valence electrons. The Morgan fingerprint density at radius 1 is 0.968 bits per heavy atom. The molecule has 0 spiro atoms. The maximum Gasteiger partial charge on any atom is 0.255 e. The highest BCUT2D eigenvalue weighted by Crippen LogP contribution is 2.29. The molecular formula is C23H21N5O2S. The van der Waals surface area contributed by atoms with Crippen LogP contribution in [0.3, 0.4) is 0 Å². The van der Waals surface area contributed by atoms with Crippen molar-refractivity contribution in [1.29, 1.82) is 0 Å². The van der Waals surface area contributed by atoms with Crippen molar-refractivity contribution in [3.8, 4) is 0 Å². The first-order valence-corrected chi connectivity index (χ1v) is 10.9. The first-order chi connectivity index (χ1) is 15.2. The lowest BCUT2D eigenvalue weighted by molar-refractivity contribution is 0.102. The van der Waals surface area contributed by atoms with E-state index in [2.05, 4.69) is 25.5 Å². The van der Waals surface area contributed by atoms with Crippen LogP contribution in [0.2, 0.25) is 0 Å². The zero-order valence-electron chi connectivity index (χ0n) is 16.7. The highest BCUT2D eigenvalue weighted by atomic mass is 32.1. The number of morpholine rings is 1. The second-order valence-corrected chi connectivity index (χ2v) is 8.19. The molecule has 31 heavy (non-hydrogen) atoms. The van der Waals surface area contributed by atoms with Crippen molar-refractivity contribution in [3.05, 3.63) is 72.6 Å². The molecule has 1 aliphatic rings. The Hall–Kier alpha value is -3.49. The number of pyridine rings is 1. The Morgan fingerprint density at radius 2 is 1.74 bits per heavy atom. The van der Waals surface area contributed by atoms with E-state index in [-0.39, 0.29) is 5.91 Å². The molecule has 1 aliphatic heterocycles. The van der Waals surface area contributed by atoms with E-state index in [1.54, 1.807) is 18.5 Å². The molecule has 4 aromatic rings. The number of amides is 1. The molecule has 0 unspecified atom stereocenters. The third kappa shape index (κ3) is 4.50. The van der Waals surface area contributed by atoms with Gasteiger partial charge in [0.1, 0.15) is 0 Å². The third-order valence-corrected chi connectivity index (χ3v) is 6.02. The van der Waals surface area contributed by atoms with Gasteiger partial charge in [-0.05, 0) is 54.6 Å². The maximum absolute atomic E-state index is 12.8. The number of aromatic nitrogens is 2. The maximum atomic E-state index is 12.8. The topological polar surface area (TPSA) is 79.4 Å². The molecule has 1 amide bonds. The number of anilines is 4. The predicted octanol–water partition coefficient (Wildman–Crippen LogP) is 4.52. The van der Waals surface area contributed by atoms with Gasteiger partial charge in [-0.1, -0.05) is 11.3 Å². The molecule has 3 heterocycles. The van der Waals surface area contributed by atoms with Gasteiger partial charge in [0.2, 0.25) is 0 Å². The largest absolute Gasteiger partial charge is 0.378 e. The third-order valence-electron chi connectivity index (χ3n) is 5.08. The van der Waals surface area contributed by atoms with Crippen molar-refractivity contribution in [1.82, 2.24) is 9.97 Å². The van der Waals surface area contributed by atoms with Crippen molar-refractivity contribution in [3.63, 3.8) is 0 Å². The van der Waals surface area contributed by atoms with E-state index < -0.39 is 0 Å². The quantitative estimate of drug-likeness (QED) is 0.484. The Morgan fingerprint density at radius 3 is 2.52 bits per heavy atom. The molecule has 2 aromatic carbocycles. The van der Waals surface area contributed by atoms with E-state index in [0.717, 1.165) is 58.7 Å². The van der Waals surface area contributed by atoms with Crippen LogP contribution in [0.1, 0.15) is 10.4 Å². The van der Waals surface area contributed by atoms with E-state index in [9.17, 15) is 4.79 Å². The Balaban J connectivity index is 1.28. The van der Waals surface area contributed by atoms with Crippen LogP contribution in [0.25, 0.3) is 10.2 Å². The van der Waals surface area contributed by atoms with Crippen LogP contribution >= 0.6 is 11.3 Å². The summed E-state index contributed by atoms with van der Waals surface area (Å²) in [6, 6.07) is 17.3. The summed E-state index contributed by atoms with van der Waals surface area (Å²) in [5.74, 6) is -0.141. The minimum atomic E-state index is -0.141. The van der Waals surface area contributed by atoms with Crippen molar-refractivity contribution >= 4 is 49.7 Å². The number of rotatable bonds is 5. The molecule has 1 fully saturated rings. The first-order valence-electron chi connectivity index (χ1n) is 10.1. The molecule has 2 aromatic heterocycles. The van der Waals surface area contributed by atoms with Gasteiger partial charge in [-0.3, -0.25) is 9.78 Å². The fraction of sp³-hybridized carbons (Fsp3) is 0.174. The molecule has 5 rings (SSSR count). The van der Waals surface area contributed by atoms with Gasteiger partial charge in [0.15, 0.2) is 5.13 Å². The summed E-state index contributed by atoms with van der Waals surface area (Å²) >= 11 is 1.51. The number of ether oxygens (including phenoxy) is 1. The summed E-state index contributed by atoms with van der Waals surface area (Å²) in [5, 5.41) is 7.02. The SMILES string of the molecule is O=C(Nc1ccc(N2CCOCC2)cc1)c1ccc2nc(Nc3ccncc3)sc2c1. The van der Waals surface area contributed by atoms with Crippen LogP contribution in [-0.4, -0.2) is 42.2 Å². The molecule has 8 heteroatoms. The number of carbonyl (C=O) groups is 1. The normalized spacial score (nSPS) is 13.9. The summed E-state index contributed by atoms with van der Waals surface area (Å²) in [4.78, 5) is 23.7. The standard InChI is InChI=1S/C23H21N5O2S/c29-22(25-17-2-4-19(5-3-17)28-11-13-30-14-12-28)16-1-6-20-21(15-16)31-23(27-20)26-18-7-9-24-10-8-18/h1-10,15H,11-14H2,(H,25,29)(H,24,26,27). The van der Waals surface area contributed by atoms with Crippen molar-refractivity contribution < 1.29 is 9.53 Å². The number of thiazole rings is 1. The second kappa shape index (κ2) is 8.71. The molecule has 7 nitrogen and oxygen atoms in total. The number of carbonyl (C=O) groups excluding carboxylic acids is 1. The van der Waals surface area contributed by atoms with Gasteiger partial charge in [0.05, 0.1) is 23.4 Å². The summed E-state index contributed by atoms with van der Waals surface area (Å²) in [5.41, 5.74) is 4.29. The minimum absolute atomic E-state index is 0.141. The number of nitrogens with zero attached hydrogens (tertiary/aromatic N) is 3. The molecule has 2 N–H and O–H groups in total. The Kier molecular flexibility index (Phi) is 5.47. The lowest BCUT2D eigenvalue weighted by atomic mass is 10.2. The van der Waals surface area contributed by atoms with Gasteiger partial charge in [-0.25, -0.2) is 4.98 Å². The van der Waals surface area contributed by atoms with Gasteiger partial charge in [0.25, 0.3) is 5.91 Å². The zero-order chi connectivity index (χ0) is 21.0. The van der Waals surface area contributed by atoms with E-state index in [1.807, 2.05) is 48.5 Å². The molecular weight excluding hydrogens is 410 g/mol. The fourth-order valence-electron chi connectivity index (χ4n) is 3.46. The van der Waals surface area contributed by atoms with Gasteiger partial charge < -0.3 is 20.3 Å². The lowest BCUT2D eigenvalue weighted by Crippen LogP contribution is -2.36. The number of benzene rings is 2. The fourth-order valence-corrected chi connectivity index (χ4v) is 4.38. The van der Waals surface area contributed by atoms with Gasteiger partial charge in [-0.15, -0.1) is 0 Å². The van der Waals surface area contributed by atoms with Gasteiger partial charge >= 0.3 is 0 Å². The van der Waals surface area contributed by atoms with E-state index in [1.165, 1.54) is 11.3 Å². The molecule has 0 atom stereocenters. The molecule has 0 saturated carbocycles. The van der Waals surface area contributed by atoms with Crippen molar-refractivity contribution in [2.24, 2.45) is 0 Å². The average Bonchev–Trinajstić information content (AvgIpc) is 3.22. The number of nitrogens with one attached hydrogen (secondary N) is 2. The van der Waals surface area contributed by atoms with Gasteiger partial charge in [0, 0.05) is 48.1 Å². The summed E-state index contributed by atoms with van der Waals surface area (Å²) in [7, 11) is 0. The minimum Gasteiger partial charge on any atom is -0.378 e. The molecule has 0 aliphatic carbocycles.